The molecule has 7 nitrogen and oxygen atoms in total. The molecule has 3 aromatic carbocycles. The van der Waals surface area contributed by atoms with Crippen molar-refractivity contribution < 1.29 is 14.3 Å². The van der Waals surface area contributed by atoms with Gasteiger partial charge < -0.3 is 14.4 Å². The molecule has 43 heavy (non-hydrogen) atoms. The van der Waals surface area contributed by atoms with E-state index in [1.54, 1.807) is 11.5 Å². The van der Waals surface area contributed by atoms with Crippen LogP contribution in [0.1, 0.15) is 55.0 Å². The van der Waals surface area contributed by atoms with Crippen LogP contribution in [-0.2, 0) is 14.3 Å². The van der Waals surface area contributed by atoms with Crippen LogP contribution in [-0.4, -0.2) is 43.4 Å². The Morgan fingerprint density at radius 3 is 2.37 bits per heavy atom. The number of nitrogens with zero attached hydrogens (tertiary/aromatic N) is 3. The van der Waals surface area contributed by atoms with Crippen LogP contribution in [0.5, 0.6) is 0 Å². The molecule has 4 aromatic rings. The number of rotatable bonds is 7. The number of carbonyl (C=O) groups is 1. The summed E-state index contributed by atoms with van der Waals surface area (Å²) in [5, 5.41) is 0. The number of hydrogen-bond acceptors (Lipinski definition) is 7. The van der Waals surface area contributed by atoms with Gasteiger partial charge in [0.05, 0.1) is 41.7 Å². The van der Waals surface area contributed by atoms with Crippen LogP contribution in [0.15, 0.2) is 94.2 Å². The summed E-state index contributed by atoms with van der Waals surface area (Å²) in [6.07, 6.45) is 1.90. The molecule has 1 saturated heterocycles. The second-order valence-corrected chi connectivity index (χ2v) is 12.0. The second-order valence-electron chi connectivity index (χ2n) is 10.9. The Labute approximate surface area is 255 Å². The third-order valence-electron chi connectivity index (χ3n) is 7.86. The van der Waals surface area contributed by atoms with Crippen molar-refractivity contribution in [3.8, 4) is 0 Å². The van der Waals surface area contributed by atoms with Gasteiger partial charge >= 0.3 is 5.97 Å². The monoisotopic (exact) mass is 593 g/mol. The van der Waals surface area contributed by atoms with Gasteiger partial charge in [0.15, 0.2) is 4.80 Å². The predicted molar refractivity (Wildman–Crippen MR) is 171 cm³/mol. The van der Waals surface area contributed by atoms with E-state index >= 15 is 0 Å². The van der Waals surface area contributed by atoms with E-state index in [-0.39, 0.29) is 12.2 Å². The molecular weight excluding hydrogens is 558 g/mol. The minimum absolute atomic E-state index is 0.187. The lowest BCUT2D eigenvalue weighted by Gasteiger charge is -2.28. The number of morpholine rings is 1. The molecule has 0 spiro atoms. The molecule has 0 aliphatic carbocycles. The molecule has 0 bridgehead atoms. The van der Waals surface area contributed by atoms with Gasteiger partial charge in [0.1, 0.15) is 0 Å². The van der Waals surface area contributed by atoms with Crippen LogP contribution >= 0.6 is 11.3 Å². The number of benzene rings is 3. The minimum atomic E-state index is -0.683. The molecule has 0 saturated carbocycles. The van der Waals surface area contributed by atoms with Crippen molar-refractivity contribution in [1.82, 2.24) is 4.57 Å². The highest BCUT2D eigenvalue weighted by molar-refractivity contribution is 7.07. The Morgan fingerprint density at radius 2 is 1.72 bits per heavy atom. The van der Waals surface area contributed by atoms with E-state index in [0.717, 1.165) is 48.7 Å². The first-order valence-corrected chi connectivity index (χ1v) is 15.6. The summed E-state index contributed by atoms with van der Waals surface area (Å²) in [6, 6.07) is 25.3. The van der Waals surface area contributed by atoms with Gasteiger partial charge in [-0.15, -0.1) is 0 Å². The van der Waals surface area contributed by atoms with E-state index in [4.69, 9.17) is 14.5 Å². The summed E-state index contributed by atoms with van der Waals surface area (Å²) >= 11 is 1.34. The van der Waals surface area contributed by atoms with Crippen molar-refractivity contribution in [2.24, 2.45) is 4.99 Å². The largest absolute Gasteiger partial charge is 0.463 e. The van der Waals surface area contributed by atoms with Crippen LogP contribution in [0.2, 0.25) is 0 Å². The number of hydrogen-bond donors (Lipinski definition) is 0. The zero-order valence-corrected chi connectivity index (χ0v) is 25.5. The third kappa shape index (κ3) is 5.85. The van der Waals surface area contributed by atoms with Crippen molar-refractivity contribution in [3.05, 3.63) is 126 Å². The zero-order chi connectivity index (χ0) is 29.9. The molecule has 2 aliphatic heterocycles. The Balaban J connectivity index is 1.51. The molecule has 220 valence electrons. The summed E-state index contributed by atoms with van der Waals surface area (Å²) in [7, 11) is 0. The standard InChI is InChI=1S/C35H35N3O4S/c1-4-42-34(40)30-31(26-8-6-5-7-9-26)36-35-38(32(30)27-14-12-25(13-15-27)23(2)3)33(39)29(43-35)22-24-10-16-28(17-11-24)37-18-20-41-21-19-37/h5-17,22-23,32H,4,18-21H2,1-3H3/b29-22+/t32-/m0/s1. The van der Waals surface area contributed by atoms with E-state index < -0.39 is 12.0 Å². The normalized spacial score (nSPS) is 17.2. The maximum Gasteiger partial charge on any atom is 0.338 e. The van der Waals surface area contributed by atoms with Crippen molar-refractivity contribution in [3.63, 3.8) is 0 Å². The number of fused-ring (bicyclic) bond motifs is 1. The number of ether oxygens (including phenoxy) is 2. The Hall–Kier alpha value is -4.27. The molecule has 0 N–H and O–H groups in total. The molecule has 8 heteroatoms. The molecule has 0 amide bonds. The van der Waals surface area contributed by atoms with Gasteiger partial charge in [-0.05, 0) is 47.7 Å². The highest BCUT2D eigenvalue weighted by Crippen LogP contribution is 2.35. The van der Waals surface area contributed by atoms with E-state index in [2.05, 4.69) is 43.0 Å². The van der Waals surface area contributed by atoms with Gasteiger partial charge in [0.2, 0.25) is 0 Å². The van der Waals surface area contributed by atoms with Crippen molar-refractivity contribution >= 4 is 34.8 Å². The first kappa shape index (κ1) is 28.8. The SMILES string of the molecule is CCOC(=O)C1=C(c2ccccc2)N=c2s/c(=C/c3ccc(N4CCOCC4)cc3)c(=O)n2[C@H]1c1ccc(C(C)C)cc1. The van der Waals surface area contributed by atoms with E-state index in [1.807, 2.05) is 60.7 Å². The molecule has 1 atom stereocenters. The van der Waals surface area contributed by atoms with Crippen molar-refractivity contribution in [2.45, 2.75) is 32.7 Å². The lowest BCUT2D eigenvalue weighted by molar-refractivity contribution is -0.138. The molecule has 1 fully saturated rings. The minimum Gasteiger partial charge on any atom is -0.463 e. The molecule has 6 rings (SSSR count). The Morgan fingerprint density at radius 1 is 1.02 bits per heavy atom. The number of esters is 1. The topological polar surface area (TPSA) is 73.1 Å². The van der Waals surface area contributed by atoms with Gasteiger partial charge in [-0.25, -0.2) is 9.79 Å². The summed E-state index contributed by atoms with van der Waals surface area (Å²) in [6.45, 7) is 9.46. The Bertz CT molecular complexity index is 1820. The summed E-state index contributed by atoms with van der Waals surface area (Å²) in [5.41, 5.74) is 5.57. The van der Waals surface area contributed by atoms with Crippen LogP contribution in [0.3, 0.4) is 0 Å². The molecule has 3 heterocycles. The predicted octanol–water partition coefficient (Wildman–Crippen LogP) is 4.90. The molecule has 1 aromatic heterocycles. The van der Waals surface area contributed by atoms with E-state index in [9.17, 15) is 9.59 Å². The van der Waals surface area contributed by atoms with Crippen LogP contribution in [0, 0.1) is 0 Å². The average molecular weight is 594 g/mol. The molecular formula is C35H35N3O4S. The van der Waals surface area contributed by atoms with Gasteiger partial charge in [0.25, 0.3) is 5.56 Å². The number of carbonyl (C=O) groups excluding carboxylic acids is 1. The maximum absolute atomic E-state index is 14.1. The van der Waals surface area contributed by atoms with Crippen LogP contribution in [0.4, 0.5) is 5.69 Å². The maximum atomic E-state index is 14.1. The second kappa shape index (κ2) is 12.5. The summed E-state index contributed by atoms with van der Waals surface area (Å²) in [5.74, 6) is -0.123. The van der Waals surface area contributed by atoms with Gasteiger partial charge in [-0.1, -0.05) is 91.9 Å². The third-order valence-corrected chi connectivity index (χ3v) is 8.84. The molecule has 0 unspecified atom stereocenters. The van der Waals surface area contributed by atoms with Crippen molar-refractivity contribution in [1.29, 1.82) is 0 Å². The summed E-state index contributed by atoms with van der Waals surface area (Å²) in [4.78, 5) is 35.6. The fraction of sp³-hybridized carbons (Fsp3) is 0.286. The lowest BCUT2D eigenvalue weighted by Crippen LogP contribution is -2.40. The highest BCUT2D eigenvalue weighted by atomic mass is 32.1. The van der Waals surface area contributed by atoms with Crippen LogP contribution in [0.25, 0.3) is 11.8 Å². The molecule has 0 radical (unpaired) electrons. The zero-order valence-electron chi connectivity index (χ0n) is 24.7. The number of thiazole rings is 1. The van der Waals surface area contributed by atoms with Crippen LogP contribution < -0.4 is 19.8 Å². The van der Waals surface area contributed by atoms with E-state index in [0.29, 0.717) is 26.5 Å². The fourth-order valence-corrected chi connectivity index (χ4v) is 6.57. The smallest absolute Gasteiger partial charge is 0.338 e. The molecule has 2 aliphatic rings. The van der Waals surface area contributed by atoms with Gasteiger partial charge in [0, 0.05) is 24.3 Å². The number of anilines is 1. The average Bonchev–Trinajstić information content (AvgIpc) is 3.35. The fourth-order valence-electron chi connectivity index (χ4n) is 5.57. The van der Waals surface area contributed by atoms with Crippen molar-refractivity contribution in [2.75, 3.05) is 37.8 Å². The first-order valence-electron chi connectivity index (χ1n) is 14.8. The number of aromatic nitrogens is 1. The van der Waals surface area contributed by atoms with Gasteiger partial charge in [-0.2, -0.15) is 0 Å². The Kier molecular flexibility index (Phi) is 8.40. The lowest BCUT2D eigenvalue weighted by atomic mass is 9.91. The quantitative estimate of drug-likeness (QED) is 0.285. The summed E-state index contributed by atoms with van der Waals surface area (Å²) < 4.78 is 13.3. The highest BCUT2D eigenvalue weighted by Gasteiger charge is 2.35. The van der Waals surface area contributed by atoms with E-state index in [1.165, 1.54) is 16.9 Å². The first-order chi connectivity index (χ1) is 20.9. The van der Waals surface area contributed by atoms with Gasteiger partial charge in [-0.3, -0.25) is 9.36 Å².